The number of nitrogens with zero attached hydrogens (tertiary/aromatic N) is 2. The van der Waals surface area contributed by atoms with Crippen LogP contribution in [-0.2, 0) is 12.8 Å². The van der Waals surface area contributed by atoms with Crippen LogP contribution in [0.2, 0.25) is 0 Å². The third-order valence-electron chi connectivity index (χ3n) is 4.25. The summed E-state index contributed by atoms with van der Waals surface area (Å²) in [5, 5.41) is 0. The molecule has 0 aliphatic carbocycles. The van der Waals surface area contributed by atoms with E-state index in [1.807, 2.05) is 41.8 Å². The zero-order valence-electron chi connectivity index (χ0n) is 14.3. The molecule has 0 N–H and O–H groups in total. The van der Waals surface area contributed by atoms with Gasteiger partial charge in [-0.25, -0.2) is 4.98 Å². The Morgan fingerprint density at radius 3 is 2.70 bits per heavy atom. The number of aryl methyl sites for hydroxylation is 1. The Balaban J connectivity index is 1.60. The molecule has 0 saturated heterocycles. The quantitative estimate of drug-likeness (QED) is 0.431. The molecule has 7 heteroatoms. The predicted molar refractivity (Wildman–Crippen MR) is 99.0 cm³/mol. The number of alkyl halides is 3. The van der Waals surface area contributed by atoms with Gasteiger partial charge < -0.3 is 4.74 Å². The second-order valence-corrected chi connectivity index (χ2v) is 7.30. The summed E-state index contributed by atoms with van der Waals surface area (Å²) in [5.74, 6) is 0.581. The predicted octanol–water partition coefficient (Wildman–Crippen LogP) is 5.97. The first-order chi connectivity index (χ1) is 12.9. The van der Waals surface area contributed by atoms with Gasteiger partial charge >= 0.3 is 6.18 Å². The molecular formula is C20H15F3N2OS. The van der Waals surface area contributed by atoms with Crippen molar-refractivity contribution < 1.29 is 17.9 Å². The van der Waals surface area contributed by atoms with Gasteiger partial charge in [-0.1, -0.05) is 24.3 Å². The van der Waals surface area contributed by atoms with Gasteiger partial charge in [0.05, 0.1) is 22.3 Å². The van der Waals surface area contributed by atoms with Gasteiger partial charge in [-0.05, 0) is 25.1 Å². The molecule has 0 aliphatic rings. The van der Waals surface area contributed by atoms with Gasteiger partial charge in [0.15, 0.2) is 0 Å². The summed E-state index contributed by atoms with van der Waals surface area (Å²) >= 11 is 1.52. The fourth-order valence-electron chi connectivity index (χ4n) is 2.93. The Bertz CT molecular complexity index is 1100. The summed E-state index contributed by atoms with van der Waals surface area (Å²) in [7, 11) is 0. The van der Waals surface area contributed by atoms with Crippen molar-refractivity contribution in [3.8, 4) is 16.3 Å². The van der Waals surface area contributed by atoms with Crippen molar-refractivity contribution in [2.45, 2.75) is 19.7 Å². The van der Waals surface area contributed by atoms with Crippen LogP contribution in [0, 0.1) is 6.92 Å². The van der Waals surface area contributed by atoms with E-state index >= 15 is 0 Å². The SMILES string of the molecule is Cc1sc(-c2cnc3ccccn23)cc1OCc1ccccc1C(F)(F)F. The molecule has 0 aliphatic heterocycles. The van der Waals surface area contributed by atoms with Crippen molar-refractivity contribution in [3.05, 3.63) is 76.9 Å². The maximum Gasteiger partial charge on any atom is 0.416 e. The molecule has 27 heavy (non-hydrogen) atoms. The second-order valence-electron chi connectivity index (χ2n) is 6.05. The third-order valence-corrected chi connectivity index (χ3v) is 5.30. The van der Waals surface area contributed by atoms with Crippen LogP contribution in [0.3, 0.4) is 0 Å². The Kier molecular flexibility index (Phi) is 4.39. The van der Waals surface area contributed by atoms with Gasteiger partial charge in [0.25, 0.3) is 0 Å². The van der Waals surface area contributed by atoms with E-state index in [2.05, 4.69) is 4.98 Å². The zero-order chi connectivity index (χ0) is 19.0. The van der Waals surface area contributed by atoms with E-state index < -0.39 is 11.7 Å². The minimum absolute atomic E-state index is 0.118. The Labute approximate surface area is 157 Å². The average molecular weight is 388 g/mol. The van der Waals surface area contributed by atoms with Gasteiger partial charge in [0.2, 0.25) is 0 Å². The van der Waals surface area contributed by atoms with Gasteiger partial charge in [-0.3, -0.25) is 4.40 Å². The van der Waals surface area contributed by atoms with Crippen LogP contribution >= 0.6 is 11.3 Å². The lowest BCUT2D eigenvalue weighted by atomic mass is 10.1. The standard InChI is InChI=1S/C20H15F3N2OS/c1-13-17(26-12-14-6-2-3-7-15(14)20(21,22)23)10-18(27-13)16-11-24-19-8-4-5-9-25(16)19/h2-11H,12H2,1H3. The fraction of sp³-hybridized carbons (Fsp3) is 0.150. The van der Waals surface area contributed by atoms with Gasteiger partial charge in [0, 0.05) is 22.7 Å². The average Bonchev–Trinajstić information content (AvgIpc) is 3.23. The normalized spacial score (nSPS) is 11.9. The number of hydrogen-bond donors (Lipinski definition) is 0. The number of thiophene rings is 1. The van der Waals surface area contributed by atoms with E-state index in [0.717, 1.165) is 27.2 Å². The molecule has 0 atom stereocenters. The van der Waals surface area contributed by atoms with Crippen LogP contribution < -0.4 is 4.74 Å². The lowest BCUT2D eigenvalue weighted by Gasteiger charge is -2.13. The van der Waals surface area contributed by atoms with Crippen molar-refractivity contribution in [1.29, 1.82) is 0 Å². The van der Waals surface area contributed by atoms with E-state index in [9.17, 15) is 13.2 Å². The number of halogens is 3. The Morgan fingerprint density at radius 1 is 1.11 bits per heavy atom. The molecule has 3 heterocycles. The van der Waals surface area contributed by atoms with Gasteiger partial charge in [-0.2, -0.15) is 13.2 Å². The lowest BCUT2D eigenvalue weighted by molar-refractivity contribution is -0.138. The molecule has 3 aromatic heterocycles. The number of benzene rings is 1. The van der Waals surface area contributed by atoms with Crippen molar-refractivity contribution in [1.82, 2.24) is 9.38 Å². The van der Waals surface area contributed by atoms with E-state index in [0.29, 0.717) is 5.75 Å². The number of ether oxygens (including phenoxy) is 1. The first-order valence-corrected chi connectivity index (χ1v) is 9.06. The third kappa shape index (κ3) is 3.42. The zero-order valence-corrected chi connectivity index (χ0v) is 15.1. The maximum atomic E-state index is 13.1. The smallest absolute Gasteiger partial charge is 0.416 e. The number of fused-ring (bicyclic) bond motifs is 1. The second kappa shape index (κ2) is 6.74. The molecule has 138 valence electrons. The summed E-state index contributed by atoms with van der Waals surface area (Å²) in [6.07, 6.45) is -0.693. The number of imidazole rings is 1. The Morgan fingerprint density at radius 2 is 1.89 bits per heavy atom. The number of rotatable bonds is 4. The van der Waals surface area contributed by atoms with Crippen LogP contribution in [0.25, 0.3) is 16.2 Å². The molecule has 0 fully saturated rings. The van der Waals surface area contributed by atoms with Crippen molar-refractivity contribution in [2.75, 3.05) is 0 Å². The van der Waals surface area contributed by atoms with Crippen molar-refractivity contribution in [3.63, 3.8) is 0 Å². The number of aromatic nitrogens is 2. The Hall–Kier alpha value is -2.80. The molecule has 0 unspecified atom stereocenters. The molecule has 4 aromatic rings. The highest BCUT2D eigenvalue weighted by atomic mass is 32.1. The van der Waals surface area contributed by atoms with E-state index in [4.69, 9.17) is 4.74 Å². The molecule has 0 bridgehead atoms. The van der Waals surface area contributed by atoms with E-state index in [-0.39, 0.29) is 12.2 Å². The summed E-state index contributed by atoms with van der Waals surface area (Å²) in [5.41, 5.74) is 1.20. The topological polar surface area (TPSA) is 26.5 Å². The van der Waals surface area contributed by atoms with Crippen LogP contribution in [0.1, 0.15) is 16.0 Å². The molecule has 0 amide bonds. The maximum absolute atomic E-state index is 13.1. The van der Waals surface area contributed by atoms with E-state index in [1.165, 1.54) is 23.5 Å². The van der Waals surface area contributed by atoms with Crippen LogP contribution in [-0.4, -0.2) is 9.38 Å². The van der Waals surface area contributed by atoms with Gasteiger partial charge in [0.1, 0.15) is 18.0 Å². The first kappa shape index (κ1) is 17.6. The minimum atomic E-state index is -4.40. The minimum Gasteiger partial charge on any atom is -0.488 e. The number of pyridine rings is 1. The fourth-order valence-corrected chi connectivity index (χ4v) is 3.90. The summed E-state index contributed by atoms with van der Waals surface area (Å²) in [6.45, 7) is 1.75. The highest BCUT2D eigenvalue weighted by molar-refractivity contribution is 7.15. The van der Waals surface area contributed by atoms with Crippen molar-refractivity contribution in [2.24, 2.45) is 0 Å². The highest BCUT2D eigenvalue weighted by Crippen LogP contribution is 2.37. The monoisotopic (exact) mass is 388 g/mol. The largest absolute Gasteiger partial charge is 0.488 e. The van der Waals surface area contributed by atoms with Crippen molar-refractivity contribution >= 4 is 17.0 Å². The lowest BCUT2D eigenvalue weighted by Crippen LogP contribution is -2.10. The molecule has 1 aromatic carbocycles. The molecule has 0 radical (unpaired) electrons. The summed E-state index contributed by atoms with van der Waals surface area (Å²) < 4.78 is 47.1. The van der Waals surface area contributed by atoms with Crippen LogP contribution in [0.5, 0.6) is 5.75 Å². The van der Waals surface area contributed by atoms with E-state index in [1.54, 1.807) is 12.3 Å². The molecule has 0 saturated carbocycles. The molecular weight excluding hydrogens is 373 g/mol. The highest BCUT2D eigenvalue weighted by Gasteiger charge is 2.33. The van der Waals surface area contributed by atoms with Crippen LogP contribution in [0.15, 0.2) is 60.9 Å². The first-order valence-electron chi connectivity index (χ1n) is 8.24. The number of hydrogen-bond acceptors (Lipinski definition) is 3. The summed E-state index contributed by atoms with van der Waals surface area (Å²) in [4.78, 5) is 6.22. The molecule has 4 rings (SSSR count). The summed E-state index contributed by atoms with van der Waals surface area (Å²) in [6, 6.07) is 13.1. The van der Waals surface area contributed by atoms with Gasteiger partial charge in [-0.15, -0.1) is 11.3 Å². The molecule has 0 spiro atoms. The van der Waals surface area contributed by atoms with Crippen LogP contribution in [0.4, 0.5) is 13.2 Å². The molecule has 3 nitrogen and oxygen atoms in total.